The van der Waals surface area contributed by atoms with Crippen LogP contribution in [-0.2, 0) is 11.3 Å². The summed E-state index contributed by atoms with van der Waals surface area (Å²) in [5.74, 6) is 1.86. The predicted molar refractivity (Wildman–Crippen MR) is 153 cm³/mol. The fraction of sp³-hybridized carbons (Fsp3) is 0.323. The number of carbonyl (C=O) groups excluding carboxylic acids is 1. The molecule has 0 N–H and O–H groups in total. The standard InChI is InChI=1S/C31H30BrN3O3/c1-17-14-18(2)33-29-26(17)34-28(20-11-12-20)35(29)16-19-10-13-24-23(15-19)25(32)27(37-24)21-8-6-7-9-22(21)30(36)38-31(3,4)5/h6-10,13-15,20H,11-12,16H2,1-5H3. The lowest BCUT2D eigenvalue weighted by molar-refractivity contribution is 0.00702. The Hall–Kier alpha value is -3.45. The van der Waals surface area contributed by atoms with E-state index in [4.69, 9.17) is 19.1 Å². The van der Waals surface area contributed by atoms with Crippen LogP contribution in [0, 0.1) is 13.8 Å². The van der Waals surface area contributed by atoms with E-state index in [1.807, 2.05) is 52.0 Å². The zero-order valence-electron chi connectivity index (χ0n) is 22.3. The lowest BCUT2D eigenvalue weighted by atomic mass is 10.0. The van der Waals surface area contributed by atoms with Gasteiger partial charge in [0.05, 0.1) is 16.6 Å². The van der Waals surface area contributed by atoms with Gasteiger partial charge in [-0.2, -0.15) is 0 Å². The highest BCUT2D eigenvalue weighted by molar-refractivity contribution is 9.10. The molecule has 0 saturated heterocycles. The molecule has 0 radical (unpaired) electrons. The number of benzene rings is 2. The number of carbonyl (C=O) groups is 1. The van der Waals surface area contributed by atoms with Crippen molar-refractivity contribution >= 4 is 44.0 Å². The Morgan fingerprint density at radius 3 is 2.61 bits per heavy atom. The molecule has 0 spiro atoms. The Balaban J connectivity index is 1.41. The number of hydrogen-bond acceptors (Lipinski definition) is 5. The minimum atomic E-state index is -0.590. The molecule has 1 aliphatic carbocycles. The minimum absolute atomic E-state index is 0.376. The monoisotopic (exact) mass is 571 g/mol. The van der Waals surface area contributed by atoms with Crippen molar-refractivity contribution in [2.75, 3.05) is 0 Å². The normalized spacial score (nSPS) is 13.9. The van der Waals surface area contributed by atoms with Crippen molar-refractivity contribution in [3.63, 3.8) is 0 Å². The average Bonchev–Trinajstić information content (AvgIpc) is 3.57. The van der Waals surface area contributed by atoms with Crippen LogP contribution in [0.4, 0.5) is 0 Å². The molecule has 1 fully saturated rings. The summed E-state index contributed by atoms with van der Waals surface area (Å²) in [5.41, 5.74) is 6.55. The van der Waals surface area contributed by atoms with Gasteiger partial charge >= 0.3 is 5.97 Å². The van der Waals surface area contributed by atoms with Gasteiger partial charge in [0.25, 0.3) is 0 Å². The number of esters is 1. The van der Waals surface area contributed by atoms with Crippen LogP contribution in [0.1, 0.15) is 72.5 Å². The number of halogens is 1. The molecule has 1 aliphatic rings. The lowest BCUT2D eigenvalue weighted by Crippen LogP contribution is -2.24. The Morgan fingerprint density at radius 2 is 1.87 bits per heavy atom. The van der Waals surface area contributed by atoms with Crippen molar-refractivity contribution in [2.24, 2.45) is 0 Å². The Kier molecular flexibility index (Phi) is 5.94. The molecular formula is C31H30BrN3O3. The second-order valence-electron chi connectivity index (χ2n) is 11.2. The van der Waals surface area contributed by atoms with Crippen LogP contribution in [0.3, 0.4) is 0 Å². The number of aryl methyl sites for hydroxylation is 2. The molecule has 194 valence electrons. The molecule has 3 heterocycles. The summed E-state index contributed by atoms with van der Waals surface area (Å²) in [6.07, 6.45) is 2.35. The molecule has 1 saturated carbocycles. The summed E-state index contributed by atoms with van der Waals surface area (Å²) in [5, 5.41) is 0.953. The lowest BCUT2D eigenvalue weighted by Gasteiger charge is -2.20. The van der Waals surface area contributed by atoms with Gasteiger partial charge in [0.15, 0.2) is 5.65 Å². The largest absolute Gasteiger partial charge is 0.456 e. The molecule has 0 aliphatic heterocycles. The Labute approximate surface area is 230 Å². The second-order valence-corrected chi connectivity index (χ2v) is 12.0. The molecule has 38 heavy (non-hydrogen) atoms. The molecule has 3 aromatic heterocycles. The van der Waals surface area contributed by atoms with Gasteiger partial charge < -0.3 is 13.7 Å². The van der Waals surface area contributed by atoms with Crippen LogP contribution in [-0.4, -0.2) is 26.1 Å². The first-order valence-corrected chi connectivity index (χ1v) is 13.8. The molecule has 5 aromatic rings. The molecule has 0 atom stereocenters. The third-order valence-electron chi connectivity index (χ3n) is 6.82. The summed E-state index contributed by atoms with van der Waals surface area (Å²) in [4.78, 5) is 22.8. The highest BCUT2D eigenvalue weighted by Crippen LogP contribution is 2.42. The van der Waals surface area contributed by atoms with E-state index in [1.165, 1.54) is 12.8 Å². The van der Waals surface area contributed by atoms with E-state index in [0.29, 0.717) is 29.3 Å². The Bertz CT molecular complexity index is 1720. The SMILES string of the molecule is Cc1cc(C)c2nc(C3CC3)n(Cc3ccc4oc(-c5ccccc5C(=O)OC(C)(C)C)c(Br)c4c3)c2n1. The van der Waals surface area contributed by atoms with Crippen LogP contribution in [0.2, 0.25) is 0 Å². The molecule has 6 rings (SSSR count). The van der Waals surface area contributed by atoms with Gasteiger partial charge in [-0.15, -0.1) is 0 Å². The van der Waals surface area contributed by atoms with Crippen molar-refractivity contribution < 1.29 is 13.9 Å². The Morgan fingerprint density at radius 1 is 1.11 bits per heavy atom. The number of nitrogens with zero attached hydrogens (tertiary/aromatic N) is 3. The number of furan rings is 1. The summed E-state index contributed by atoms with van der Waals surface area (Å²) in [7, 11) is 0. The summed E-state index contributed by atoms with van der Waals surface area (Å²) in [6, 6.07) is 15.7. The van der Waals surface area contributed by atoms with Crippen molar-refractivity contribution in [1.82, 2.24) is 14.5 Å². The minimum Gasteiger partial charge on any atom is -0.456 e. The third kappa shape index (κ3) is 4.53. The first-order valence-electron chi connectivity index (χ1n) is 13.0. The van der Waals surface area contributed by atoms with Crippen molar-refractivity contribution in [2.45, 2.75) is 65.5 Å². The number of imidazole rings is 1. The summed E-state index contributed by atoms with van der Waals surface area (Å²) < 4.78 is 15.0. The first kappa shape index (κ1) is 24.9. The fourth-order valence-electron chi connectivity index (χ4n) is 4.99. The smallest absolute Gasteiger partial charge is 0.339 e. The van der Waals surface area contributed by atoms with Crippen LogP contribution >= 0.6 is 15.9 Å². The predicted octanol–water partition coefficient (Wildman–Crippen LogP) is 8.10. The number of fused-ring (bicyclic) bond motifs is 2. The van der Waals surface area contributed by atoms with Crippen LogP contribution in [0.5, 0.6) is 0 Å². The molecule has 0 amide bonds. The highest BCUT2D eigenvalue weighted by atomic mass is 79.9. The van der Waals surface area contributed by atoms with Gasteiger partial charge in [-0.3, -0.25) is 0 Å². The van der Waals surface area contributed by atoms with Crippen molar-refractivity contribution in [3.05, 3.63) is 81.2 Å². The molecule has 6 nitrogen and oxygen atoms in total. The van der Waals surface area contributed by atoms with Gasteiger partial charge in [-0.1, -0.05) is 24.3 Å². The molecule has 7 heteroatoms. The second kappa shape index (κ2) is 9.09. The number of hydrogen-bond donors (Lipinski definition) is 0. The van der Waals surface area contributed by atoms with E-state index in [-0.39, 0.29) is 5.97 Å². The van der Waals surface area contributed by atoms with E-state index < -0.39 is 5.60 Å². The van der Waals surface area contributed by atoms with E-state index in [9.17, 15) is 4.79 Å². The molecule has 2 aromatic carbocycles. The molecule has 0 bridgehead atoms. The van der Waals surface area contributed by atoms with Gasteiger partial charge in [0.1, 0.15) is 28.3 Å². The van der Waals surface area contributed by atoms with Crippen molar-refractivity contribution in [3.8, 4) is 11.3 Å². The van der Waals surface area contributed by atoms with E-state index in [0.717, 1.165) is 49.3 Å². The van der Waals surface area contributed by atoms with Gasteiger partial charge in [-0.05, 0) is 98.8 Å². The molecular weight excluding hydrogens is 542 g/mol. The van der Waals surface area contributed by atoms with Gasteiger partial charge in [0.2, 0.25) is 0 Å². The van der Waals surface area contributed by atoms with Crippen LogP contribution in [0.25, 0.3) is 33.5 Å². The quantitative estimate of drug-likeness (QED) is 0.199. The zero-order valence-corrected chi connectivity index (χ0v) is 23.8. The van der Waals surface area contributed by atoms with E-state index >= 15 is 0 Å². The average molecular weight is 573 g/mol. The summed E-state index contributed by atoms with van der Waals surface area (Å²) >= 11 is 3.77. The van der Waals surface area contributed by atoms with Crippen LogP contribution in [0.15, 0.2) is 57.4 Å². The third-order valence-corrected chi connectivity index (χ3v) is 7.60. The number of pyridine rings is 1. The van der Waals surface area contributed by atoms with Gasteiger partial charge in [-0.25, -0.2) is 14.8 Å². The first-order chi connectivity index (χ1) is 18.1. The maximum atomic E-state index is 13.0. The van der Waals surface area contributed by atoms with E-state index in [2.05, 4.69) is 45.6 Å². The fourth-order valence-corrected chi connectivity index (χ4v) is 5.59. The van der Waals surface area contributed by atoms with Crippen LogP contribution < -0.4 is 0 Å². The molecule has 0 unspecified atom stereocenters. The maximum absolute atomic E-state index is 13.0. The topological polar surface area (TPSA) is 70.2 Å². The number of ether oxygens (including phenoxy) is 1. The van der Waals surface area contributed by atoms with E-state index in [1.54, 1.807) is 6.07 Å². The zero-order chi connectivity index (χ0) is 26.8. The highest BCUT2D eigenvalue weighted by Gasteiger charge is 2.31. The van der Waals surface area contributed by atoms with Crippen molar-refractivity contribution in [1.29, 1.82) is 0 Å². The maximum Gasteiger partial charge on any atom is 0.339 e. The van der Waals surface area contributed by atoms with Gasteiger partial charge in [0, 0.05) is 22.6 Å². The summed E-state index contributed by atoms with van der Waals surface area (Å²) in [6.45, 7) is 10.4. The number of rotatable bonds is 5. The number of aromatic nitrogens is 3.